The second-order valence-electron chi connectivity index (χ2n) is 6.01. The molecule has 24 heavy (non-hydrogen) atoms. The van der Waals surface area contributed by atoms with Gasteiger partial charge in [0.2, 0.25) is 0 Å². The molecular weight excluding hydrogens is 315 g/mol. The minimum Gasteiger partial charge on any atom is -0.351 e. The summed E-state index contributed by atoms with van der Waals surface area (Å²) >= 11 is 0. The minimum atomic E-state index is -4.48. The van der Waals surface area contributed by atoms with Gasteiger partial charge >= 0.3 is 6.30 Å². The van der Waals surface area contributed by atoms with Crippen LogP contribution in [0.2, 0.25) is 0 Å². The van der Waals surface area contributed by atoms with E-state index in [2.05, 4.69) is 10.3 Å². The zero-order valence-electron chi connectivity index (χ0n) is 12.8. The van der Waals surface area contributed by atoms with Crippen LogP contribution in [0.3, 0.4) is 0 Å². The first kappa shape index (κ1) is 15.2. The first-order valence-corrected chi connectivity index (χ1v) is 7.86. The van der Waals surface area contributed by atoms with Crippen LogP contribution in [0.25, 0.3) is 0 Å². The van der Waals surface area contributed by atoms with E-state index in [0.717, 1.165) is 16.7 Å². The average molecular weight is 331 g/mol. The molecule has 4 rings (SSSR count). The van der Waals surface area contributed by atoms with E-state index in [4.69, 9.17) is 0 Å². The lowest BCUT2D eigenvalue weighted by Crippen LogP contribution is -2.50. The Labute approximate surface area is 137 Å². The van der Waals surface area contributed by atoms with Gasteiger partial charge in [-0.2, -0.15) is 18.1 Å². The normalized spacial score (nSPS) is 22.2. The Balaban J connectivity index is 1.70. The lowest BCUT2D eigenvalue weighted by molar-refractivity contribution is -0.269. The van der Waals surface area contributed by atoms with Crippen molar-refractivity contribution in [3.63, 3.8) is 0 Å². The molecule has 1 aliphatic carbocycles. The monoisotopic (exact) mass is 331 g/mol. The number of para-hydroxylation sites is 1. The third-order valence-corrected chi connectivity index (χ3v) is 4.59. The Kier molecular flexibility index (Phi) is 3.57. The predicted octanol–water partition coefficient (Wildman–Crippen LogP) is 4.32. The van der Waals surface area contributed by atoms with Crippen molar-refractivity contribution < 1.29 is 13.2 Å². The third kappa shape index (κ3) is 2.57. The Hall–Kier alpha value is -2.34. The van der Waals surface area contributed by atoms with Crippen molar-refractivity contribution in [3.8, 4) is 0 Å². The smallest absolute Gasteiger partial charge is 0.351 e. The summed E-state index contributed by atoms with van der Waals surface area (Å²) in [5.41, 5.74) is 3.18. The molecule has 0 aromatic heterocycles. The zero-order valence-corrected chi connectivity index (χ0v) is 12.8. The molecule has 0 fully saturated rings. The number of alkyl halides is 3. The van der Waals surface area contributed by atoms with Crippen molar-refractivity contribution in [1.29, 1.82) is 0 Å². The van der Waals surface area contributed by atoms with Gasteiger partial charge in [-0.3, -0.25) is 4.99 Å². The van der Waals surface area contributed by atoms with E-state index in [1.165, 1.54) is 6.21 Å². The number of hydrogen-bond acceptors (Lipinski definition) is 3. The van der Waals surface area contributed by atoms with E-state index in [0.29, 0.717) is 23.4 Å². The summed E-state index contributed by atoms with van der Waals surface area (Å²) in [6.45, 7) is 0. The molecule has 3 nitrogen and oxygen atoms in total. The van der Waals surface area contributed by atoms with Crippen LogP contribution in [0, 0.1) is 0 Å². The van der Waals surface area contributed by atoms with Crippen LogP contribution < -0.4 is 5.32 Å². The molecular formula is C18H16F3N3. The number of nitrogens with one attached hydrogen (secondary N) is 1. The summed E-state index contributed by atoms with van der Waals surface area (Å²) in [6.07, 6.45) is -3.04. The van der Waals surface area contributed by atoms with Gasteiger partial charge in [0.25, 0.3) is 0 Å². The number of aliphatic imine (C=N–C) groups is 1. The second-order valence-corrected chi connectivity index (χ2v) is 6.01. The largest absolute Gasteiger partial charge is 0.463 e. The molecule has 0 saturated heterocycles. The molecule has 0 spiro atoms. The van der Waals surface area contributed by atoms with Gasteiger partial charge in [0.05, 0.1) is 0 Å². The lowest BCUT2D eigenvalue weighted by Gasteiger charge is -2.37. The molecule has 0 bridgehead atoms. The Morgan fingerprint density at radius 2 is 1.79 bits per heavy atom. The van der Waals surface area contributed by atoms with Gasteiger partial charge in [0, 0.05) is 23.5 Å². The van der Waals surface area contributed by atoms with E-state index in [1.54, 1.807) is 24.3 Å². The molecule has 2 aromatic rings. The first-order chi connectivity index (χ1) is 11.5. The van der Waals surface area contributed by atoms with Crippen molar-refractivity contribution >= 4 is 11.9 Å². The molecule has 2 aromatic carbocycles. The number of benzene rings is 2. The van der Waals surface area contributed by atoms with Crippen LogP contribution in [0.1, 0.15) is 29.2 Å². The van der Waals surface area contributed by atoms with Gasteiger partial charge in [-0.1, -0.05) is 42.5 Å². The summed E-state index contributed by atoms with van der Waals surface area (Å²) in [5, 5.41) is 2.92. The lowest BCUT2D eigenvalue weighted by atomic mass is 10.1. The topological polar surface area (TPSA) is 27.6 Å². The van der Waals surface area contributed by atoms with Crippen LogP contribution in [0.15, 0.2) is 53.5 Å². The highest BCUT2D eigenvalue weighted by Crippen LogP contribution is 2.43. The van der Waals surface area contributed by atoms with E-state index < -0.39 is 18.6 Å². The second kappa shape index (κ2) is 5.63. The van der Waals surface area contributed by atoms with E-state index in [1.807, 2.05) is 24.3 Å². The Morgan fingerprint density at radius 3 is 2.62 bits per heavy atom. The molecule has 2 aliphatic rings. The van der Waals surface area contributed by atoms with Gasteiger partial charge in [-0.05, 0) is 30.0 Å². The number of hydrogen-bond donors (Lipinski definition) is 1. The number of nitrogens with zero attached hydrogens (tertiary/aromatic N) is 2. The molecule has 0 unspecified atom stereocenters. The van der Waals surface area contributed by atoms with Crippen molar-refractivity contribution in [2.75, 3.05) is 5.32 Å². The van der Waals surface area contributed by atoms with Crippen LogP contribution in [0.4, 0.5) is 18.9 Å². The number of rotatable bonds is 2. The number of halogens is 3. The maximum Gasteiger partial charge on any atom is 0.463 e. The van der Waals surface area contributed by atoms with Gasteiger partial charge in [0.1, 0.15) is 0 Å². The van der Waals surface area contributed by atoms with Gasteiger partial charge in [-0.15, -0.1) is 0 Å². The molecule has 6 heteroatoms. The summed E-state index contributed by atoms with van der Waals surface area (Å²) in [6, 6.07) is 13.8. The van der Waals surface area contributed by atoms with E-state index >= 15 is 0 Å². The molecule has 0 amide bonds. The minimum absolute atomic E-state index is 0.439. The highest BCUT2D eigenvalue weighted by Gasteiger charge is 2.49. The fourth-order valence-electron chi connectivity index (χ4n) is 3.52. The Bertz CT molecular complexity index is 785. The van der Waals surface area contributed by atoms with Gasteiger partial charge < -0.3 is 5.32 Å². The van der Waals surface area contributed by atoms with Gasteiger partial charge in [0.15, 0.2) is 6.29 Å². The summed E-state index contributed by atoms with van der Waals surface area (Å²) in [4.78, 5) is 4.66. The molecule has 2 atom stereocenters. The first-order valence-electron chi connectivity index (χ1n) is 7.86. The van der Waals surface area contributed by atoms with Gasteiger partial charge in [-0.25, -0.2) is 0 Å². The zero-order chi connectivity index (χ0) is 16.7. The van der Waals surface area contributed by atoms with Crippen molar-refractivity contribution in [3.05, 3.63) is 65.2 Å². The fourth-order valence-corrected chi connectivity index (χ4v) is 3.52. The van der Waals surface area contributed by atoms with Crippen LogP contribution in [-0.4, -0.2) is 23.7 Å². The Morgan fingerprint density at radius 1 is 1.04 bits per heavy atom. The quantitative estimate of drug-likeness (QED) is 0.830. The summed E-state index contributed by atoms with van der Waals surface area (Å²) in [7, 11) is 0. The fraction of sp³-hybridized carbons (Fsp3) is 0.278. The molecule has 0 saturated carbocycles. The molecule has 1 N–H and O–H groups in total. The standard InChI is InChI=1S/C18H16F3N3/c19-18(20,21)24(16-10-9-12-5-1-3-7-14(12)16)17-22-11-13-6-2-4-8-15(13)23-17/h1-8,11,16-17,23H,9-10H2/t16-,17+/m0/s1. The highest BCUT2D eigenvalue weighted by atomic mass is 19.4. The molecule has 124 valence electrons. The van der Waals surface area contributed by atoms with Crippen LogP contribution in [0.5, 0.6) is 0 Å². The number of aryl methyl sites for hydroxylation is 1. The number of anilines is 1. The van der Waals surface area contributed by atoms with E-state index in [-0.39, 0.29) is 0 Å². The molecule has 1 aliphatic heterocycles. The van der Waals surface area contributed by atoms with Crippen LogP contribution in [-0.2, 0) is 6.42 Å². The van der Waals surface area contributed by atoms with Crippen LogP contribution >= 0.6 is 0 Å². The third-order valence-electron chi connectivity index (χ3n) is 4.59. The maximum absolute atomic E-state index is 13.8. The molecule has 1 heterocycles. The van der Waals surface area contributed by atoms with Crippen molar-refractivity contribution in [1.82, 2.24) is 4.90 Å². The SMILES string of the molecule is FC(F)(F)N([C@@H]1N=Cc2ccccc2N1)[C@H]1CCc2ccccc21. The predicted molar refractivity (Wildman–Crippen MR) is 86.8 cm³/mol. The van der Waals surface area contributed by atoms with Crippen molar-refractivity contribution in [2.24, 2.45) is 4.99 Å². The summed E-state index contributed by atoms with van der Waals surface area (Å²) < 4.78 is 41.5. The van der Waals surface area contributed by atoms with Crippen molar-refractivity contribution in [2.45, 2.75) is 31.5 Å². The molecule has 0 radical (unpaired) electrons. The average Bonchev–Trinajstić information content (AvgIpc) is 2.98. The summed E-state index contributed by atoms with van der Waals surface area (Å²) in [5.74, 6) is 0. The highest BCUT2D eigenvalue weighted by molar-refractivity contribution is 5.89. The maximum atomic E-state index is 13.8. The number of fused-ring (bicyclic) bond motifs is 2. The van der Waals surface area contributed by atoms with E-state index in [9.17, 15) is 13.2 Å².